The van der Waals surface area contributed by atoms with Crippen LogP contribution in [0.5, 0.6) is 0 Å². The van der Waals surface area contributed by atoms with Crippen LogP contribution in [-0.2, 0) is 9.47 Å². The molecule has 0 saturated carbocycles. The summed E-state index contributed by atoms with van der Waals surface area (Å²) in [5.74, 6) is 1.48. The molecule has 0 radical (unpaired) electrons. The van der Waals surface area contributed by atoms with E-state index >= 15 is 0 Å². The van der Waals surface area contributed by atoms with Gasteiger partial charge in [-0.15, -0.1) is 0 Å². The lowest BCUT2D eigenvalue weighted by Crippen LogP contribution is -2.08. The van der Waals surface area contributed by atoms with Crippen molar-refractivity contribution in [1.82, 2.24) is 0 Å². The lowest BCUT2D eigenvalue weighted by Gasteiger charge is -2.03. The van der Waals surface area contributed by atoms with Gasteiger partial charge in [0.15, 0.2) is 11.8 Å². The van der Waals surface area contributed by atoms with Gasteiger partial charge in [-0.05, 0) is 12.5 Å². The number of aliphatic imine (C=N–C) groups is 2. The molecule has 2 aliphatic heterocycles. The maximum absolute atomic E-state index is 5.61. The van der Waals surface area contributed by atoms with Crippen LogP contribution in [0.25, 0.3) is 0 Å². The van der Waals surface area contributed by atoms with Gasteiger partial charge in [-0.25, -0.2) is 9.98 Å². The molecule has 2 heterocycles. The first-order valence-corrected chi connectivity index (χ1v) is 6.25. The van der Waals surface area contributed by atoms with Crippen LogP contribution in [0.15, 0.2) is 40.3 Å². The molecular weight excluding hydrogens is 228 g/mol. The lowest BCUT2D eigenvalue weighted by atomic mass is 10.1. The largest absolute Gasteiger partial charge is 0.478 e. The minimum absolute atomic E-state index is 0.112. The Morgan fingerprint density at radius 3 is 2.50 bits per heavy atom. The molecule has 0 unspecified atom stereocenters. The Labute approximate surface area is 106 Å². The van der Waals surface area contributed by atoms with Crippen molar-refractivity contribution in [3.8, 4) is 0 Å². The van der Waals surface area contributed by atoms with E-state index in [4.69, 9.17) is 9.47 Å². The standard InChI is InChI=1S/C14H16N2O2/c1-10-8-17-13(15-10)7-14-16-12(9-18-14)11-5-3-2-4-6-11/h2-6,10,12H,7-9H2,1H3/t10-,12+/m0/s1. The van der Waals surface area contributed by atoms with Gasteiger partial charge >= 0.3 is 0 Å². The van der Waals surface area contributed by atoms with Gasteiger partial charge in [-0.1, -0.05) is 30.3 Å². The van der Waals surface area contributed by atoms with Gasteiger partial charge in [0.25, 0.3) is 0 Å². The Kier molecular flexibility index (Phi) is 3.00. The first kappa shape index (κ1) is 11.3. The summed E-state index contributed by atoms with van der Waals surface area (Å²) >= 11 is 0. The molecule has 4 nitrogen and oxygen atoms in total. The molecule has 0 N–H and O–H groups in total. The van der Waals surface area contributed by atoms with Gasteiger partial charge < -0.3 is 9.47 Å². The highest BCUT2D eigenvalue weighted by molar-refractivity contribution is 5.98. The fourth-order valence-electron chi connectivity index (χ4n) is 2.13. The summed E-state index contributed by atoms with van der Waals surface area (Å²) in [6.45, 7) is 3.32. The minimum Gasteiger partial charge on any atom is -0.478 e. The number of hydrogen-bond donors (Lipinski definition) is 0. The van der Waals surface area contributed by atoms with Crippen LogP contribution in [0.1, 0.15) is 24.9 Å². The van der Waals surface area contributed by atoms with Gasteiger partial charge in [0, 0.05) is 0 Å². The van der Waals surface area contributed by atoms with E-state index in [2.05, 4.69) is 22.1 Å². The third-order valence-corrected chi connectivity index (χ3v) is 3.05. The molecule has 0 aromatic heterocycles. The van der Waals surface area contributed by atoms with Gasteiger partial charge in [0.2, 0.25) is 0 Å². The van der Waals surface area contributed by atoms with E-state index in [1.54, 1.807) is 0 Å². The number of rotatable bonds is 3. The van der Waals surface area contributed by atoms with Crippen molar-refractivity contribution in [3.63, 3.8) is 0 Å². The Balaban J connectivity index is 1.67. The molecule has 0 spiro atoms. The topological polar surface area (TPSA) is 43.2 Å². The Hall–Kier alpha value is -1.84. The monoisotopic (exact) mass is 244 g/mol. The zero-order chi connectivity index (χ0) is 12.4. The first-order valence-electron chi connectivity index (χ1n) is 6.25. The van der Waals surface area contributed by atoms with Crippen LogP contribution < -0.4 is 0 Å². The molecule has 0 saturated heterocycles. The van der Waals surface area contributed by atoms with Crippen molar-refractivity contribution in [2.75, 3.05) is 13.2 Å². The van der Waals surface area contributed by atoms with Crippen LogP contribution >= 0.6 is 0 Å². The van der Waals surface area contributed by atoms with Gasteiger partial charge in [-0.2, -0.15) is 0 Å². The second kappa shape index (κ2) is 4.80. The van der Waals surface area contributed by atoms with Crippen molar-refractivity contribution in [1.29, 1.82) is 0 Å². The number of benzene rings is 1. The van der Waals surface area contributed by atoms with E-state index in [-0.39, 0.29) is 12.1 Å². The molecular formula is C14H16N2O2. The molecule has 0 bridgehead atoms. The van der Waals surface area contributed by atoms with Crippen LogP contribution in [0.4, 0.5) is 0 Å². The fraction of sp³-hybridized carbons (Fsp3) is 0.429. The number of ether oxygens (including phenoxy) is 2. The second-order valence-electron chi connectivity index (χ2n) is 4.62. The molecule has 18 heavy (non-hydrogen) atoms. The van der Waals surface area contributed by atoms with Crippen molar-refractivity contribution in [3.05, 3.63) is 35.9 Å². The van der Waals surface area contributed by atoms with Crippen LogP contribution in [0.3, 0.4) is 0 Å². The highest BCUT2D eigenvalue weighted by atomic mass is 16.5. The summed E-state index contributed by atoms with van der Waals surface area (Å²) in [4.78, 5) is 8.96. The first-order chi connectivity index (χ1) is 8.81. The van der Waals surface area contributed by atoms with Crippen molar-refractivity contribution in [2.24, 2.45) is 9.98 Å². The predicted octanol–water partition coefficient (Wildman–Crippen LogP) is 2.36. The highest BCUT2D eigenvalue weighted by Gasteiger charge is 2.24. The minimum atomic E-state index is 0.112. The fourth-order valence-corrected chi connectivity index (χ4v) is 2.13. The zero-order valence-corrected chi connectivity index (χ0v) is 10.4. The van der Waals surface area contributed by atoms with Crippen molar-refractivity contribution in [2.45, 2.75) is 25.4 Å². The molecule has 1 aromatic carbocycles. The number of nitrogens with zero attached hydrogens (tertiary/aromatic N) is 2. The molecule has 2 aliphatic rings. The van der Waals surface area contributed by atoms with E-state index < -0.39 is 0 Å². The van der Waals surface area contributed by atoms with Crippen LogP contribution in [0.2, 0.25) is 0 Å². The van der Waals surface area contributed by atoms with Crippen LogP contribution in [-0.4, -0.2) is 31.1 Å². The summed E-state index contributed by atoms with van der Waals surface area (Å²) in [6, 6.07) is 10.6. The Morgan fingerprint density at radius 1 is 1.06 bits per heavy atom. The third kappa shape index (κ3) is 2.37. The smallest absolute Gasteiger partial charge is 0.193 e. The Morgan fingerprint density at radius 2 is 1.78 bits per heavy atom. The molecule has 1 aromatic rings. The van der Waals surface area contributed by atoms with Crippen LogP contribution in [0, 0.1) is 0 Å². The molecule has 0 fully saturated rings. The van der Waals surface area contributed by atoms with E-state index in [0.717, 1.165) is 11.8 Å². The average Bonchev–Trinajstić information content (AvgIpc) is 3.01. The SMILES string of the molecule is C[C@H]1COC(CC2=N[C@@H](c3ccccc3)CO2)=N1. The van der Waals surface area contributed by atoms with Crippen molar-refractivity contribution >= 4 is 11.8 Å². The Bertz CT molecular complexity index is 482. The molecule has 0 amide bonds. The van der Waals surface area contributed by atoms with E-state index in [0.29, 0.717) is 19.6 Å². The molecule has 94 valence electrons. The molecule has 0 aliphatic carbocycles. The summed E-state index contributed by atoms with van der Waals surface area (Å²) in [5.41, 5.74) is 1.19. The van der Waals surface area contributed by atoms with Gasteiger partial charge in [-0.3, -0.25) is 0 Å². The van der Waals surface area contributed by atoms with Crippen molar-refractivity contribution < 1.29 is 9.47 Å². The maximum atomic E-state index is 5.61. The molecule has 4 heteroatoms. The summed E-state index contributed by atoms with van der Waals surface area (Å²) in [6.07, 6.45) is 0.577. The maximum Gasteiger partial charge on any atom is 0.193 e. The summed E-state index contributed by atoms with van der Waals surface area (Å²) in [5, 5.41) is 0. The number of hydrogen-bond acceptors (Lipinski definition) is 4. The van der Waals surface area contributed by atoms with E-state index in [9.17, 15) is 0 Å². The van der Waals surface area contributed by atoms with Gasteiger partial charge in [0.05, 0.1) is 12.5 Å². The predicted molar refractivity (Wildman–Crippen MR) is 70.0 cm³/mol. The second-order valence-corrected chi connectivity index (χ2v) is 4.62. The molecule has 2 atom stereocenters. The summed E-state index contributed by atoms with van der Waals surface area (Å²) in [7, 11) is 0. The average molecular weight is 244 g/mol. The highest BCUT2D eigenvalue weighted by Crippen LogP contribution is 2.24. The van der Waals surface area contributed by atoms with E-state index in [1.807, 2.05) is 25.1 Å². The quantitative estimate of drug-likeness (QED) is 0.819. The zero-order valence-electron chi connectivity index (χ0n) is 10.4. The molecule has 3 rings (SSSR count). The van der Waals surface area contributed by atoms with Gasteiger partial charge in [0.1, 0.15) is 19.3 Å². The third-order valence-electron chi connectivity index (χ3n) is 3.05. The summed E-state index contributed by atoms with van der Waals surface area (Å²) < 4.78 is 11.1. The van der Waals surface area contributed by atoms with E-state index in [1.165, 1.54) is 5.56 Å². The lowest BCUT2D eigenvalue weighted by molar-refractivity contribution is 0.302. The normalized spacial score (nSPS) is 26.3.